The molecule has 4 heteroatoms. The van der Waals surface area contributed by atoms with Gasteiger partial charge >= 0.3 is 0 Å². The van der Waals surface area contributed by atoms with E-state index in [9.17, 15) is 9.90 Å². The van der Waals surface area contributed by atoms with Gasteiger partial charge in [-0.15, -0.1) is 0 Å². The number of rotatable bonds is 3. The zero-order valence-corrected chi connectivity index (χ0v) is 9.19. The molecule has 82 valence electrons. The minimum Gasteiger partial charge on any atom is -0.383 e. The van der Waals surface area contributed by atoms with E-state index in [1.54, 1.807) is 26.1 Å². The van der Waals surface area contributed by atoms with Gasteiger partial charge in [-0.3, -0.25) is 4.79 Å². The fourth-order valence-corrected chi connectivity index (χ4v) is 1.04. The summed E-state index contributed by atoms with van der Waals surface area (Å²) in [5.74, 6) is -0.0536. The Morgan fingerprint density at radius 1 is 1.47 bits per heavy atom. The third-order valence-corrected chi connectivity index (χ3v) is 2.06. The summed E-state index contributed by atoms with van der Waals surface area (Å²) in [5, 5.41) is 12.0. The number of amides is 1. The van der Waals surface area contributed by atoms with Crippen molar-refractivity contribution in [3.63, 3.8) is 0 Å². The number of carbonyl (C=O) groups excluding carboxylic acids is 1. The molecule has 0 aliphatic carbocycles. The molecular formula is C11H16N2O2. The van der Waals surface area contributed by atoms with Crippen molar-refractivity contribution < 1.29 is 9.90 Å². The van der Waals surface area contributed by atoms with Crippen molar-refractivity contribution in [3.05, 3.63) is 23.9 Å². The molecule has 4 nitrogen and oxygen atoms in total. The van der Waals surface area contributed by atoms with Gasteiger partial charge in [0.05, 0.1) is 0 Å². The van der Waals surface area contributed by atoms with E-state index in [0.29, 0.717) is 5.82 Å². The van der Waals surface area contributed by atoms with Crippen LogP contribution in [-0.4, -0.2) is 22.1 Å². The fourth-order valence-electron chi connectivity index (χ4n) is 1.04. The highest BCUT2D eigenvalue weighted by molar-refractivity contribution is 5.93. The van der Waals surface area contributed by atoms with Gasteiger partial charge in [-0.2, -0.15) is 0 Å². The topological polar surface area (TPSA) is 62.2 Å². The maximum absolute atomic E-state index is 11.4. The van der Waals surface area contributed by atoms with E-state index in [0.717, 1.165) is 5.56 Å². The van der Waals surface area contributed by atoms with Crippen LogP contribution in [0.25, 0.3) is 0 Å². The second-order valence-electron chi connectivity index (χ2n) is 3.90. The van der Waals surface area contributed by atoms with Gasteiger partial charge in [0.1, 0.15) is 11.9 Å². The van der Waals surface area contributed by atoms with Gasteiger partial charge in [0.15, 0.2) is 0 Å². The van der Waals surface area contributed by atoms with E-state index in [2.05, 4.69) is 10.3 Å². The van der Waals surface area contributed by atoms with Crippen molar-refractivity contribution in [2.24, 2.45) is 5.92 Å². The number of hydrogen-bond acceptors (Lipinski definition) is 3. The molecule has 1 atom stereocenters. The molecular weight excluding hydrogens is 192 g/mol. The second kappa shape index (κ2) is 4.89. The number of pyridine rings is 1. The Morgan fingerprint density at radius 2 is 2.13 bits per heavy atom. The number of aryl methyl sites for hydroxylation is 1. The lowest BCUT2D eigenvalue weighted by atomic mass is 10.1. The van der Waals surface area contributed by atoms with Gasteiger partial charge in [0.2, 0.25) is 0 Å². The van der Waals surface area contributed by atoms with Gasteiger partial charge in [0, 0.05) is 6.20 Å². The van der Waals surface area contributed by atoms with Crippen molar-refractivity contribution in [3.8, 4) is 0 Å². The monoisotopic (exact) mass is 208 g/mol. The fraction of sp³-hybridized carbons (Fsp3) is 0.455. The van der Waals surface area contributed by atoms with Crippen LogP contribution < -0.4 is 5.32 Å². The van der Waals surface area contributed by atoms with Crippen LogP contribution in [0.4, 0.5) is 5.82 Å². The molecule has 0 fully saturated rings. The summed E-state index contributed by atoms with van der Waals surface area (Å²) in [4.78, 5) is 15.5. The zero-order valence-electron chi connectivity index (χ0n) is 9.19. The Morgan fingerprint density at radius 3 is 2.60 bits per heavy atom. The van der Waals surface area contributed by atoms with Crippen LogP contribution in [0.2, 0.25) is 0 Å². The molecule has 1 unspecified atom stereocenters. The molecule has 0 aliphatic heterocycles. The Hall–Kier alpha value is -1.42. The second-order valence-corrected chi connectivity index (χ2v) is 3.90. The lowest BCUT2D eigenvalue weighted by Gasteiger charge is -2.13. The maximum atomic E-state index is 11.4. The van der Waals surface area contributed by atoms with E-state index in [1.807, 2.05) is 13.0 Å². The smallest absolute Gasteiger partial charge is 0.254 e. The van der Waals surface area contributed by atoms with Crippen LogP contribution in [0.1, 0.15) is 19.4 Å². The lowest BCUT2D eigenvalue weighted by molar-refractivity contribution is -0.125. The van der Waals surface area contributed by atoms with E-state index in [4.69, 9.17) is 0 Å². The highest BCUT2D eigenvalue weighted by Gasteiger charge is 2.18. The van der Waals surface area contributed by atoms with Crippen LogP contribution in [0.5, 0.6) is 0 Å². The highest BCUT2D eigenvalue weighted by atomic mass is 16.3. The van der Waals surface area contributed by atoms with E-state index in [-0.39, 0.29) is 5.92 Å². The normalized spacial score (nSPS) is 12.6. The Labute approximate surface area is 89.3 Å². The average molecular weight is 208 g/mol. The minimum atomic E-state index is -0.992. The maximum Gasteiger partial charge on any atom is 0.254 e. The Balaban J connectivity index is 2.62. The van der Waals surface area contributed by atoms with Gasteiger partial charge in [-0.25, -0.2) is 4.98 Å². The number of anilines is 1. The predicted molar refractivity (Wildman–Crippen MR) is 58.4 cm³/mol. The molecule has 0 aliphatic rings. The molecule has 1 amide bonds. The molecule has 0 bridgehead atoms. The first-order valence-electron chi connectivity index (χ1n) is 4.92. The molecule has 0 aromatic carbocycles. The number of hydrogen-bond donors (Lipinski definition) is 2. The quantitative estimate of drug-likeness (QED) is 0.788. The van der Waals surface area contributed by atoms with E-state index < -0.39 is 12.0 Å². The third-order valence-electron chi connectivity index (χ3n) is 2.06. The van der Waals surface area contributed by atoms with Gasteiger partial charge < -0.3 is 10.4 Å². The molecule has 1 heterocycles. The zero-order chi connectivity index (χ0) is 11.4. The number of nitrogens with one attached hydrogen (secondary N) is 1. The Bertz CT molecular complexity index is 333. The van der Waals surface area contributed by atoms with Gasteiger partial charge in [0.25, 0.3) is 5.91 Å². The van der Waals surface area contributed by atoms with E-state index in [1.165, 1.54) is 0 Å². The van der Waals surface area contributed by atoms with Crippen molar-refractivity contribution in [2.45, 2.75) is 26.9 Å². The summed E-state index contributed by atoms with van der Waals surface area (Å²) in [7, 11) is 0. The molecule has 0 spiro atoms. The van der Waals surface area contributed by atoms with Crippen molar-refractivity contribution >= 4 is 11.7 Å². The van der Waals surface area contributed by atoms with E-state index >= 15 is 0 Å². The van der Waals surface area contributed by atoms with Crippen molar-refractivity contribution in [1.82, 2.24) is 4.98 Å². The number of aliphatic hydroxyl groups is 1. The molecule has 1 aromatic rings. The number of carbonyl (C=O) groups is 1. The minimum absolute atomic E-state index is 0.101. The standard InChI is InChI=1S/C11H16N2O2/c1-7(2)10(14)11(15)13-9-5-4-8(3)6-12-9/h4-7,10,14H,1-3H3,(H,12,13,15). The molecule has 2 N–H and O–H groups in total. The van der Waals surface area contributed by atoms with Crippen LogP contribution in [0.3, 0.4) is 0 Å². The molecule has 0 radical (unpaired) electrons. The Kier molecular flexibility index (Phi) is 3.80. The van der Waals surface area contributed by atoms with Crippen LogP contribution in [0, 0.1) is 12.8 Å². The average Bonchev–Trinajstić information content (AvgIpc) is 2.20. The summed E-state index contributed by atoms with van der Waals surface area (Å²) < 4.78 is 0. The highest BCUT2D eigenvalue weighted by Crippen LogP contribution is 2.07. The first-order valence-corrected chi connectivity index (χ1v) is 4.92. The molecule has 1 aromatic heterocycles. The van der Waals surface area contributed by atoms with Gasteiger partial charge in [-0.1, -0.05) is 19.9 Å². The lowest BCUT2D eigenvalue weighted by Crippen LogP contribution is -2.32. The first kappa shape index (κ1) is 11.7. The predicted octanol–water partition coefficient (Wildman–Crippen LogP) is 1.35. The summed E-state index contributed by atoms with van der Waals surface area (Å²) in [6.45, 7) is 5.49. The first-order chi connectivity index (χ1) is 7.00. The van der Waals surface area contributed by atoms with Crippen LogP contribution >= 0.6 is 0 Å². The van der Waals surface area contributed by atoms with Crippen molar-refractivity contribution in [2.75, 3.05) is 5.32 Å². The molecule has 0 saturated carbocycles. The molecule has 15 heavy (non-hydrogen) atoms. The summed E-state index contributed by atoms with van der Waals surface area (Å²) in [5.41, 5.74) is 1.03. The molecule has 0 saturated heterocycles. The van der Waals surface area contributed by atoms with Crippen LogP contribution in [-0.2, 0) is 4.79 Å². The number of aliphatic hydroxyl groups excluding tert-OH is 1. The number of aromatic nitrogens is 1. The summed E-state index contributed by atoms with van der Waals surface area (Å²) in [6, 6.07) is 3.56. The summed E-state index contributed by atoms with van der Waals surface area (Å²) in [6.07, 6.45) is 0.672. The molecule has 1 rings (SSSR count). The van der Waals surface area contributed by atoms with Crippen LogP contribution in [0.15, 0.2) is 18.3 Å². The van der Waals surface area contributed by atoms with Gasteiger partial charge in [-0.05, 0) is 24.5 Å². The number of nitrogens with zero attached hydrogens (tertiary/aromatic N) is 1. The third kappa shape index (κ3) is 3.32. The summed E-state index contributed by atoms with van der Waals surface area (Å²) >= 11 is 0. The van der Waals surface area contributed by atoms with Crippen molar-refractivity contribution in [1.29, 1.82) is 0 Å². The SMILES string of the molecule is Cc1ccc(NC(=O)C(O)C(C)C)nc1. The largest absolute Gasteiger partial charge is 0.383 e.